The van der Waals surface area contributed by atoms with Crippen molar-refractivity contribution in [3.05, 3.63) is 100 Å². The largest absolute Gasteiger partial charge is 0.449 e. The molecule has 12 heteroatoms. The van der Waals surface area contributed by atoms with Crippen LogP contribution in [0.3, 0.4) is 0 Å². The zero-order valence-corrected chi connectivity index (χ0v) is 20.6. The average Bonchev–Trinajstić information content (AvgIpc) is 2.80. The minimum absolute atomic E-state index is 0.134. The summed E-state index contributed by atoms with van der Waals surface area (Å²) in [6.45, 7) is 0. The molecular weight excluding hydrogens is 623 g/mol. The zero-order valence-electron chi connectivity index (χ0n) is 16.9. The molecule has 0 aliphatic rings. The number of non-ortho nitro benzene ring substituents is 1. The van der Waals surface area contributed by atoms with E-state index in [1.54, 1.807) is 24.3 Å². The number of hydrogen-bond donors (Lipinski definition) is 1. The molecule has 0 aliphatic heterocycles. The number of hydrogen-bond acceptors (Lipinski definition) is 7. The van der Waals surface area contributed by atoms with Crippen molar-refractivity contribution in [2.75, 3.05) is 5.32 Å². The standard InChI is InChI=1S/C22H12BrIN4O6/c23-18-10-13(9-14(12-25)22(29)26-16-4-2-15(24)3-5-16)1-7-20(18)34-21-8-6-17(27(30)31)11-19(21)28(32)33/h1-11H,(H,26,29)/b14-9+. The highest BCUT2D eigenvalue weighted by Gasteiger charge is 2.22. The molecule has 10 nitrogen and oxygen atoms in total. The summed E-state index contributed by atoms with van der Waals surface area (Å²) in [5.41, 5.74) is -0.103. The van der Waals surface area contributed by atoms with Crippen molar-refractivity contribution in [2.45, 2.75) is 0 Å². The summed E-state index contributed by atoms with van der Waals surface area (Å²) in [6.07, 6.45) is 1.38. The lowest BCUT2D eigenvalue weighted by Crippen LogP contribution is -2.13. The Hall–Kier alpha value is -3.83. The number of nitrogens with zero attached hydrogens (tertiary/aromatic N) is 3. The number of anilines is 1. The van der Waals surface area contributed by atoms with E-state index in [4.69, 9.17) is 4.74 Å². The Kier molecular flexibility index (Phi) is 7.92. The number of benzene rings is 3. The molecule has 0 unspecified atom stereocenters. The van der Waals surface area contributed by atoms with Gasteiger partial charge in [0, 0.05) is 15.3 Å². The Morgan fingerprint density at radius 3 is 2.29 bits per heavy atom. The second-order valence-electron chi connectivity index (χ2n) is 6.59. The van der Waals surface area contributed by atoms with Crippen LogP contribution < -0.4 is 10.1 Å². The summed E-state index contributed by atoms with van der Waals surface area (Å²) in [5.74, 6) is -0.577. The number of nitriles is 1. The van der Waals surface area contributed by atoms with E-state index >= 15 is 0 Å². The van der Waals surface area contributed by atoms with Crippen LogP contribution in [-0.2, 0) is 4.79 Å². The van der Waals surface area contributed by atoms with Crippen molar-refractivity contribution >= 4 is 67.6 Å². The maximum absolute atomic E-state index is 12.5. The summed E-state index contributed by atoms with van der Waals surface area (Å²) in [7, 11) is 0. The third kappa shape index (κ3) is 6.15. The van der Waals surface area contributed by atoms with Crippen molar-refractivity contribution in [3.8, 4) is 17.6 Å². The molecule has 170 valence electrons. The number of nitro benzene ring substituents is 2. The van der Waals surface area contributed by atoms with Crippen molar-refractivity contribution in [2.24, 2.45) is 0 Å². The molecule has 1 amide bonds. The highest BCUT2D eigenvalue weighted by Crippen LogP contribution is 2.37. The third-order valence-corrected chi connectivity index (χ3v) is 5.64. The van der Waals surface area contributed by atoms with E-state index in [1.807, 2.05) is 18.2 Å². The SMILES string of the molecule is N#C/C(=C\c1ccc(Oc2ccc([N+](=O)[O-])cc2[N+](=O)[O-])c(Br)c1)C(=O)Nc1ccc(I)cc1. The first kappa shape index (κ1) is 24.8. The first-order valence-corrected chi connectivity index (χ1v) is 11.1. The number of nitro groups is 2. The Balaban J connectivity index is 1.83. The smallest absolute Gasteiger partial charge is 0.318 e. The lowest BCUT2D eigenvalue weighted by atomic mass is 10.1. The summed E-state index contributed by atoms with van der Waals surface area (Å²) < 4.78 is 6.96. The molecule has 0 aliphatic carbocycles. The molecule has 0 heterocycles. The molecule has 0 saturated heterocycles. The van der Waals surface area contributed by atoms with Gasteiger partial charge in [0.2, 0.25) is 5.75 Å². The topological polar surface area (TPSA) is 148 Å². The van der Waals surface area contributed by atoms with Crippen LogP contribution in [0.1, 0.15) is 5.56 Å². The number of carbonyl (C=O) groups excluding carboxylic acids is 1. The molecule has 0 fully saturated rings. The molecule has 0 saturated carbocycles. The van der Waals surface area contributed by atoms with Gasteiger partial charge in [0.15, 0.2) is 0 Å². The Morgan fingerprint density at radius 2 is 1.71 bits per heavy atom. The van der Waals surface area contributed by atoms with Gasteiger partial charge in [-0.25, -0.2) is 0 Å². The van der Waals surface area contributed by atoms with Gasteiger partial charge >= 0.3 is 5.69 Å². The Labute approximate surface area is 214 Å². The molecule has 0 spiro atoms. The lowest BCUT2D eigenvalue weighted by molar-refractivity contribution is -0.394. The first-order chi connectivity index (χ1) is 16.2. The molecule has 0 bridgehead atoms. The van der Waals surface area contributed by atoms with Gasteiger partial charge in [-0.1, -0.05) is 6.07 Å². The second-order valence-corrected chi connectivity index (χ2v) is 8.69. The van der Waals surface area contributed by atoms with Crippen molar-refractivity contribution in [1.29, 1.82) is 5.26 Å². The predicted molar refractivity (Wildman–Crippen MR) is 135 cm³/mol. The van der Waals surface area contributed by atoms with Gasteiger partial charge in [0.1, 0.15) is 17.4 Å². The number of ether oxygens (including phenoxy) is 1. The van der Waals surface area contributed by atoms with Crippen LogP contribution in [0.15, 0.2) is 70.7 Å². The Bertz CT molecular complexity index is 1370. The molecule has 0 aromatic heterocycles. The lowest BCUT2D eigenvalue weighted by Gasteiger charge is -2.09. The molecule has 3 aromatic carbocycles. The molecular formula is C22H12BrIN4O6. The van der Waals surface area contributed by atoms with Gasteiger partial charge in [-0.15, -0.1) is 0 Å². The van der Waals surface area contributed by atoms with E-state index < -0.39 is 27.1 Å². The normalized spacial score (nSPS) is 10.8. The summed E-state index contributed by atoms with van der Waals surface area (Å²) >= 11 is 5.43. The third-order valence-electron chi connectivity index (χ3n) is 4.30. The number of carbonyl (C=O) groups is 1. The summed E-state index contributed by atoms with van der Waals surface area (Å²) in [5, 5.41) is 34.3. The van der Waals surface area contributed by atoms with Crippen LogP contribution in [0.5, 0.6) is 11.5 Å². The van der Waals surface area contributed by atoms with Gasteiger partial charge in [0.25, 0.3) is 11.6 Å². The highest BCUT2D eigenvalue weighted by atomic mass is 127. The van der Waals surface area contributed by atoms with Crippen LogP contribution >= 0.6 is 38.5 Å². The van der Waals surface area contributed by atoms with E-state index in [0.29, 0.717) is 15.7 Å². The minimum atomic E-state index is -0.779. The second kappa shape index (κ2) is 10.9. The summed E-state index contributed by atoms with van der Waals surface area (Å²) in [4.78, 5) is 33.1. The van der Waals surface area contributed by atoms with Crippen molar-refractivity contribution in [1.82, 2.24) is 0 Å². The van der Waals surface area contributed by atoms with E-state index in [0.717, 1.165) is 21.8 Å². The first-order valence-electron chi connectivity index (χ1n) is 9.27. The van der Waals surface area contributed by atoms with Gasteiger partial charge in [-0.2, -0.15) is 5.26 Å². The predicted octanol–water partition coefficient (Wildman–Crippen LogP) is 6.21. The fraction of sp³-hybridized carbons (Fsp3) is 0. The van der Waals surface area contributed by atoms with E-state index in [1.165, 1.54) is 12.1 Å². The number of amides is 1. The molecule has 34 heavy (non-hydrogen) atoms. The van der Waals surface area contributed by atoms with E-state index in [9.17, 15) is 30.3 Å². The minimum Gasteiger partial charge on any atom is -0.449 e. The fourth-order valence-corrected chi connectivity index (χ4v) is 3.54. The number of rotatable bonds is 7. The molecule has 3 aromatic rings. The van der Waals surface area contributed by atoms with Crippen LogP contribution in [0.4, 0.5) is 17.1 Å². The molecule has 1 N–H and O–H groups in total. The van der Waals surface area contributed by atoms with E-state index in [2.05, 4.69) is 43.8 Å². The monoisotopic (exact) mass is 634 g/mol. The molecule has 0 radical (unpaired) electrons. The Morgan fingerprint density at radius 1 is 1.03 bits per heavy atom. The van der Waals surface area contributed by atoms with Gasteiger partial charge in [-0.3, -0.25) is 25.0 Å². The quantitative estimate of drug-likeness (QED) is 0.107. The summed E-state index contributed by atoms with van der Waals surface area (Å²) in [6, 6.07) is 16.6. The van der Waals surface area contributed by atoms with Crippen LogP contribution in [-0.4, -0.2) is 15.8 Å². The maximum Gasteiger partial charge on any atom is 0.318 e. The highest BCUT2D eigenvalue weighted by molar-refractivity contribution is 14.1. The molecule has 0 atom stereocenters. The van der Waals surface area contributed by atoms with Gasteiger partial charge in [-0.05, 0) is 92.6 Å². The van der Waals surface area contributed by atoms with Crippen molar-refractivity contribution < 1.29 is 19.4 Å². The zero-order chi connectivity index (χ0) is 24.8. The maximum atomic E-state index is 12.5. The molecule has 3 rings (SSSR count). The van der Waals surface area contributed by atoms with Gasteiger partial charge < -0.3 is 10.1 Å². The van der Waals surface area contributed by atoms with Crippen LogP contribution in [0, 0.1) is 35.1 Å². The van der Waals surface area contributed by atoms with E-state index in [-0.39, 0.29) is 17.1 Å². The van der Waals surface area contributed by atoms with Crippen LogP contribution in [0.25, 0.3) is 6.08 Å². The van der Waals surface area contributed by atoms with Crippen LogP contribution in [0.2, 0.25) is 0 Å². The number of halogens is 2. The van der Waals surface area contributed by atoms with Crippen molar-refractivity contribution in [3.63, 3.8) is 0 Å². The fourth-order valence-electron chi connectivity index (χ4n) is 2.70. The number of nitrogens with one attached hydrogen (secondary N) is 1. The van der Waals surface area contributed by atoms with Gasteiger partial charge in [0.05, 0.1) is 20.4 Å². The average molecular weight is 635 g/mol.